The molecule has 0 saturated carbocycles. The zero-order chi connectivity index (χ0) is 15.1. The molecule has 0 bridgehead atoms. The molecule has 0 atom stereocenters. The Bertz CT molecular complexity index is 271. The minimum absolute atomic E-state index is 0.212. The normalized spacial score (nSPS) is 11.8. The fraction of sp³-hybridized carbons (Fsp3) is 0.857. The van der Waals surface area contributed by atoms with E-state index in [9.17, 15) is 9.59 Å². The van der Waals surface area contributed by atoms with Gasteiger partial charge in [-0.2, -0.15) is 0 Å². The summed E-state index contributed by atoms with van der Waals surface area (Å²) in [5.41, 5.74) is -1.02. The SMILES string of the molecule is CC(C)CCNC(=O)C(C)(C)C(=O)NCCN(C)C. The second kappa shape index (κ2) is 8.15. The molecule has 0 saturated heterocycles. The molecule has 5 heteroatoms. The fourth-order valence-electron chi connectivity index (χ4n) is 1.41. The maximum absolute atomic E-state index is 12.0. The van der Waals surface area contributed by atoms with E-state index in [1.165, 1.54) is 0 Å². The Kier molecular flexibility index (Phi) is 7.68. The molecule has 0 aromatic rings. The predicted molar refractivity (Wildman–Crippen MR) is 77.8 cm³/mol. The second-order valence-electron chi connectivity index (χ2n) is 6.12. The van der Waals surface area contributed by atoms with E-state index in [-0.39, 0.29) is 11.8 Å². The monoisotopic (exact) mass is 271 g/mol. The van der Waals surface area contributed by atoms with Crippen molar-refractivity contribution in [3.63, 3.8) is 0 Å². The van der Waals surface area contributed by atoms with Crippen LogP contribution in [0, 0.1) is 11.3 Å². The minimum Gasteiger partial charge on any atom is -0.355 e. The third-order valence-corrected chi connectivity index (χ3v) is 2.99. The predicted octanol–water partition coefficient (Wildman–Crippen LogP) is 0.853. The van der Waals surface area contributed by atoms with Gasteiger partial charge in [-0.05, 0) is 40.3 Å². The summed E-state index contributed by atoms with van der Waals surface area (Å²) in [6.07, 6.45) is 0.921. The highest BCUT2D eigenvalue weighted by Gasteiger charge is 2.35. The second-order valence-corrected chi connectivity index (χ2v) is 6.12. The molecule has 5 nitrogen and oxygen atoms in total. The van der Waals surface area contributed by atoms with Gasteiger partial charge in [0.15, 0.2) is 0 Å². The Morgan fingerprint density at radius 3 is 1.95 bits per heavy atom. The summed E-state index contributed by atoms with van der Waals surface area (Å²) in [5, 5.41) is 5.62. The Morgan fingerprint density at radius 2 is 1.53 bits per heavy atom. The molecule has 0 aromatic heterocycles. The molecular weight excluding hydrogens is 242 g/mol. The van der Waals surface area contributed by atoms with Crippen molar-refractivity contribution in [1.29, 1.82) is 0 Å². The Balaban J connectivity index is 4.18. The molecule has 0 spiro atoms. The molecule has 112 valence electrons. The zero-order valence-corrected chi connectivity index (χ0v) is 13.2. The van der Waals surface area contributed by atoms with Crippen molar-refractivity contribution in [1.82, 2.24) is 15.5 Å². The van der Waals surface area contributed by atoms with E-state index in [1.807, 2.05) is 19.0 Å². The summed E-state index contributed by atoms with van der Waals surface area (Å²) >= 11 is 0. The molecule has 0 aromatic carbocycles. The smallest absolute Gasteiger partial charge is 0.235 e. The van der Waals surface area contributed by atoms with Crippen LogP contribution in [0.25, 0.3) is 0 Å². The average molecular weight is 271 g/mol. The quantitative estimate of drug-likeness (QED) is 0.644. The lowest BCUT2D eigenvalue weighted by Crippen LogP contribution is -2.49. The molecule has 0 heterocycles. The van der Waals surface area contributed by atoms with Crippen molar-refractivity contribution in [2.24, 2.45) is 11.3 Å². The molecule has 0 fully saturated rings. The van der Waals surface area contributed by atoms with Gasteiger partial charge < -0.3 is 15.5 Å². The average Bonchev–Trinajstić information content (AvgIpc) is 2.27. The van der Waals surface area contributed by atoms with Crippen LogP contribution in [0.4, 0.5) is 0 Å². The third kappa shape index (κ3) is 7.15. The molecule has 0 radical (unpaired) electrons. The highest BCUT2D eigenvalue weighted by Crippen LogP contribution is 2.15. The van der Waals surface area contributed by atoms with Crippen molar-refractivity contribution in [2.45, 2.75) is 34.1 Å². The summed E-state index contributed by atoms with van der Waals surface area (Å²) in [6.45, 7) is 9.44. The maximum atomic E-state index is 12.0. The van der Waals surface area contributed by atoms with Crippen LogP contribution in [0.15, 0.2) is 0 Å². The van der Waals surface area contributed by atoms with Crippen molar-refractivity contribution in [3.8, 4) is 0 Å². The van der Waals surface area contributed by atoms with E-state index in [0.717, 1.165) is 13.0 Å². The molecular formula is C14H29N3O2. The van der Waals surface area contributed by atoms with Crippen molar-refractivity contribution in [2.75, 3.05) is 33.7 Å². The molecule has 2 N–H and O–H groups in total. The Hall–Kier alpha value is -1.10. The van der Waals surface area contributed by atoms with Gasteiger partial charge in [-0.25, -0.2) is 0 Å². The lowest BCUT2D eigenvalue weighted by atomic mass is 9.91. The number of hydrogen-bond donors (Lipinski definition) is 2. The van der Waals surface area contributed by atoms with Crippen LogP contribution in [0.2, 0.25) is 0 Å². The number of nitrogens with zero attached hydrogens (tertiary/aromatic N) is 1. The van der Waals surface area contributed by atoms with Gasteiger partial charge in [-0.1, -0.05) is 13.8 Å². The van der Waals surface area contributed by atoms with Crippen molar-refractivity contribution < 1.29 is 9.59 Å². The van der Waals surface area contributed by atoms with E-state index >= 15 is 0 Å². The van der Waals surface area contributed by atoms with Crippen LogP contribution in [0.3, 0.4) is 0 Å². The minimum atomic E-state index is -1.02. The van der Waals surface area contributed by atoms with Crippen LogP contribution >= 0.6 is 0 Å². The Morgan fingerprint density at radius 1 is 1.05 bits per heavy atom. The summed E-state index contributed by atoms with van der Waals surface area (Å²) in [4.78, 5) is 26.0. The van der Waals surface area contributed by atoms with Gasteiger partial charge in [0.25, 0.3) is 0 Å². The fourth-order valence-corrected chi connectivity index (χ4v) is 1.41. The number of carbonyl (C=O) groups excluding carboxylic acids is 2. The molecule has 0 aliphatic carbocycles. The van der Waals surface area contributed by atoms with Crippen LogP contribution in [0.1, 0.15) is 34.1 Å². The van der Waals surface area contributed by atoms with Crippen molar-refractivity contribution in [3.05, 3.63) is 0 Å². The first-order chi connectivity index (χ1) is 8.67. The first-order valence-corrected chi connectivity index (χ1v) is 6.89. The maximum Gasteiger partial charge on any atom is 0.235 e. The topological polar surface area (TPSA) is 61.4 Å². The number of rotatable bonds is 8. The number of hydrogen-bond acceptors (Lipinski definition) is 3. The lowest BCUT2D eigenvalue weighted by Gasteiger charge is -2.23. The largest absolute Gasteiger partial charge is 0.355 e. The summed E-state index contributed by atoms with van der Waals surface area (Å²) in [7, 11) is 3.88. The Labute approximate surface area is 117 Å². The van der Waals surface area contributed by atoms with Gasteiger partial charge in [-0.3, -0.25) is 9.59 Å². The summed E-state index contributed by atoms with van der Waals surface area (Å²) in [6, 6.07) is 0. The molecule has 0 rings (SSSR count). The standard InChI is InChI=1S/C14H29N3O2/c1-11(2)7-8-15-12(18)14(3,4)13(19)16-9-10-17(5)6/h11H,7-10H2,1-6H3,(H,15,18)(H,16,19). The highest BCUT2D eigenvalue weighted by molar-refractivity contribution is 6.04. The van der Waals surface area contributed by atoms with Gasteiger partial charge >= 0.3 is 0 Å². The number of carbonyl (C=O) groups is 2. The van der Waals surface area contributed by atoms with Gasteiger partial charge in [-0.15, -0.1) is 0 Å². The van der Waals surface area contributed by atoms with Gasteiger partial charge in [0.1, 0.15) is 5.41 Å². The van der Waals surface area contributed by atoms with Gasteiger partial charge in [0.2, 0.25) is 11.8 Å². The number of nitrogens with one attached hydrogen (secondary N) is 2. The van der Waals surface area contributed by atoms with Crippen molar-refractivity contribution >= 4 is 11.8 Å². The van der Waals surface area contributed by atoms with E-state index in [1.54, 1.807) is 13.8 Å². The molecule has 2 amide bonds. The molecule has 0 unspecified atom stereocenters. The highest BCUT2D eigenvalue weighted by atomic mass is 16.2. The molecule has 19 heavy (non-hydrogen) atoms. The molecule has 0 aliphatic heterocycles. The molecule has 0 aliphatic rings. The number of likely N-dealkylation sites (N-methyl/N-ethyl adjacent to an activating group) is 1. The van der Waals surface area contributed by atoms with E-state index in [0.29, 0.717) is 19.0 Å². The van der Waals surface area contributed by atoms with E-state index in [4.69, 9.17) is 0 Å². The third-order valence-electron chi connectivity index (χ3n) is 2.99. The summed E-state index contributed by atoms with van der Waals surface area (Å²) in [5.74, 6) is 0.101. The number of amides is 2. The lowest BCUT2D eigenvalue weighted by molar-refractivity contribution is -0.141. The van der Waals surface area contributed by atoms with Crippen LogP contribution in [-0.2, 0) is 9.59 Å². The zero-order valence-electron chi connectivity index (χ0n) is 13.2. The van der Waals surface area contributed by atoms with E-state index < -0.39 is 5.41 Å². The van der Waals surface area contributed by atoms with E-state index in [2.05, 4.69) is 24.5 Å². The summed E-state index contributed by atoms with van der Waals surface area (Å²) < 4.78 is 0. The van der Waals surface area contributed by atoms with Gasteiger partial charge in [0.05, 0.1) is 0 Å². The van der Waals surface area contributed by atoms with Crippen LogP contribution in [0.5, 0.6) is 0 Å². The van der Waals surface area contributed by atoms with Gasteiger partial charge in [0, 0.05) is 19.6 Å². The van der Waals surface area contributed by atoms with Crippen LogP contribution < -0.4 is 10.6 Å². The first kappa shape index (κ1) is 17.9. The van der Waals surface area contributed by atoms with Crippen LogP contribution in [-0.4, -0.2) is 50.4 Å². The first-order valence-electron chi connectivity index (χ1n) is 6.89.